The number of amides is 2. The first kappa shape index (κ1) is 15.7. The molecule has 2 saturated heterocycles. The lowest BCUT2D eigenvalue weighted by atomic mass is 9.95. The number of hydrogen-bond acceptors (Lipinski definition) is 4. The van der Waals surface area contributed by atoms with E-state index in [1.165, 1.54) is 12.8 Å². The zero-order valence-electron chi connectivity index (χ0n) is 13.3. The number of carbonyl (C=O) groups excluding carboxylic acids is 2. The Bertz CT molecular complexity index is 397. The van der Waals surface area contributed by atoms with Gasteiger partial charge in [0.25, 0.3) is 0 Å². The van der Waals surface area contributed by atoms with Gasteiger partial charge in [-0.1, -0.05) is 0 Å². The number of nitrogens with one attached hydrogen (secondary N) is 1. The Kier molecular flexibility index (Phi) is 5.31. The first-order valence-electron chi connectivity index (χ1n) is 8.58. The number of hydrogen-bond donors (Lipinski definition) is 1. The number of nitrogens with zero attached hydrogens (tertiary/aromatic N) is 2. The van der Waals surface area contributed by atoms with Crippen LogP contribution in [0.25, 0.3) is 0 Å². The molecule has 1 aliphatic carbocycles. The Morgan fingerprint density at radius 2 is 1.68 bits per heavy atom. The number of rotatable bonds is 5. The zero-order valence-corrected chi connectivity index (χ0v) is 13.3. The first-order chi connectivity index (χ1) is 10.7. The van der Waals surface area contributed by atoms with Gasteiger partial charge < -0.3 is 15.0 Å². The van der Waals surface area contributed by atoms with Crippen molar-refractivity contribution in [3.63, 3.8) is 0 Å². The Hall–Kier alpha value is -1.14. The van der Waals surface area contributed by atoms with Crippen LogP contribution in [0.4, 0.5) is 0 Å². The molecular weight excluding hydrogens is 282 g/mol. The molecule has 6 heteroatoms. The first-order valence-corrected chi connectivity index (χ1v) is 8.58. The molecule has 1 N–H and O–H groups in total. The van der Waals surface area contributed by atoms with Gasteiger partial charge in [0.2, 0.25) is 11.8 Å². The summed E-state index contributed by atoms with van der Waals surface area (Å²) in [5.41, 5.74) is 0. The highest BCUT2D eigenvalue weighted by Gasteiger charge is 2.30. The van der Waals surface area contributed by atoms with Gasteiger partial charge in [-0.05, 0) is 44.7 Å². The summed E-state index contributed by atoms with van der Waals surface area (Å²) < 4.78 is 5.30. The lowest BCUT2D eigenvalue weighted by Crippen LogP contribution is -2.48. The summed E-state index contributed by atoms with van der Waals surface area (Å²) in [4.78, 5) is 28.4. The maximum Gasteiger partial charge on any atom is 0.234 e. The third kappa shape index (κ3) is 4.43. The Balaban J connectivity index is 1.36. The molecule has 0 spiro atoms. The summed E-state index contributed by atoms with van der Waals surface area (Å²) in [5.74, 6) is 1.26. The molecular formula is C16H27N3O3. The number of piperidine rings is 1. The summed E-state index contributed by atoms with van der Waals surface area (Å²) in [7, 11) is 0. The largest absolute Gasteiger partial charge is 0.378 e. The van der Waals surface area contributed by atoms with Crippen molar-refractivity contribution in [1.82, 2.24) is 15.1 Å². The number of ether oxygens (including phenoxy) is 1. The minimum absolute atomic E-state index is 0.129. The Morgan fingerprint density at radius 1 is 1.00 bits per heavy atom. The summed E-state index contributed by atoms with van der Waals surface area (Å²) in [5, 5.41) is 3.01. The van der Waals surface area contributed by atoms with Gasteiger partial charge in [-0.2, -0.15) is 0 Å². The molecule has 0 aromatic rings. The minimum Gasteiger partial charge on any atom is -0.378 e. The van der Waals surface area contributed by atoms with E-state index in [9.17, 15) is 9.59 Å². The van der Waals surface area contributed by atoms with Crippen molar-refractivity contribution in [1.29, 1.82) is 0 Å². The molecule has 2 amide bonds. The molecule has 3 aliphatic rings. The SMILES string of the molecule is O=C(CN1CCC(C(=O)N2CCOCC2)CC1)NCC1CC1. The van der Waals surface area contributed by atoms with Crippen molar-refractivity contribution in [3.05, 3.63) is 0 Å². The average Bonchev–Trinajstić information content (AvgIpc) is 3.38. The van der Waals surface area contributed by atoms with Crippen molar-refractivity contribution in [2.24, 2.45) is 11.8 Å². The quantitative estimate of drug-likeness (QED) is 0.781. The molecule has 0 aromatic carbocycles. The molecule has 6 nitrogen and oxygen atoms in total. The molecule has 3 rings (SSSR count). The van der Waals surface area contributed by atoms with Crippen LogP contribution in [0.1, 0.15) is 25.7 Å². The molecule has 2 heterocycles. The lowest BCUT2D eigenvalue weighted by Gasteiger charge is -2.35. The highest BCUT2D eigenvalue weighted by molar-refractivity contribution is 5.79. The van der Waals surface area contributed by atoms with E-state index in [0.29, 0.717) is 19.8 Å². The van der Waals surface area contributed by atoms with Crippen molar-refractivity contribution in [2.45, 2.75) is 25.7 Å². The van der Waals surface area contributed by atoms with Crippen LogP contribution < -0.4 is 5.32 Å². The van der Waals surface area contributed by atoms with Gasteiger partial charge in [0.15, 0.2) is 0 Å². The lowest BCUT2D eigenvalue weighted by molar-refractivity contribution is -0.141. The van der Waals surface area contributed by atoms with Gasteiger partial charge in [0.05, 0.1) is 19.8 Å². The van der Waals surface area contributed by atoms with E-state index in [1.54, 1.807) is 0 Å². The summed E-state index contributed by atoms with van der Waals surface area (Å²) in [6, 6.07) is 0. The fourth-order valence-electron chi connectivity index (χ4n) is 3.22. The van der Waals surface area contributed by atoms with E-state index in [2.05, 4.69) is 10.2 Å². The van der Waals surface area contributed by atoms with Crippen molar-refractivity contribution >= 4 is 11.8 Å². The third-order valence-electron chi connectivity index (χ3n) is 4.91. The third-order valence-corrected chi connectivity index (χ3v) is 4.91. The zero-order chi connectivity index (χ0) is 15.4. The highest BCUT2D eigenvalue weighted by atomic mass is 16.5. The molecule has 0 radical (unpaired) electrons. The van der Waals surface area contributed by atoms with Gasteiger partial charge in [-0.15, -0.1) is 0 Å². The Labute approximate surface area is 132 Å². The van der Waals surface area contributed by atoms with Gasteiger partial charge >= 0.3 is 0 Å². The van der Waals surface area contributed by atoms with Crippen molar-refractivity contribution in [2.75, 3.05) is 52.5 Å². The molecule has 0 atom stereocenters. The smallest absolute Gasteiger partial charge is 0.234 e. The number of likely N-dealkylation sites (tertiary alicyclic amines) is 1. The van der Waals surface area contributed by atoms with E-state index in [1.807, 2.05) is 4.90 Å². The molecule has 2 aliphatic heterocycles. The van der Waals surface area contributed by atoms with Crippen LogP contribution in [0.3, 0.4) is 0 Å². The van der Waals surface area contributed by atoms with Crippen molar-refractivity contribution < 1.29 is 14.3 Å². The second-order valence-electron chi connectivity index (χ2n) is 6.74. The predicted molar refractivity (Wildman–Crippen MR) is 82.3 cm³/mol. The normalized spacial score (nSPS) is 24.3. The topological polar surface area (TPSA) is 61.9 Å². The fraction of sp³-hybridized carbons (Fsp3) is 0.875. The van der Waals surface area contributed by atoms with E-state index in [4.69, 9.17) is 4.74 Å². The van der Waals surface area contributed by atoms with Crippen LogP contribution in [0, 0.1) is 11.8 Å². The maximum absolute atomic E-state index is 12.4. The summed E-state index contributed by atoms with van der Waals surface area (Å²) in [6.07, 6.45) is 4.25. The molecule has 22 heavy (non-hydrogen) atoms. The molecule has 1 saturated carbocycles. The fourth-order valence-corrected chi connectivity index (χ4v) is 3.22. The molecule has 0 aromatic heterocycles. The van der Waals surface area contributed by atoms with E-state index in [-0.39, 0.29) is 17.7 Å². The minimum atomic E-state index is 0.129. The maximum atomic E-state index is 12.4. The van der Waals surface area contributed by atoms with Crippen LogP contribution in [0.15, 0.2) is 0 Å². The predicted octanol–water partition coefficient (Wildman–Crippen LogP) is 0.0834. The summed E-state index contributed by atoms with van der Waals surface area (Å²) >= 11 is 0. The highest BCUT2D eigenvalue weighted by Crippen LogP contribution is 2.27. The van der Waals surface area contributed by atoms with Crippen LogP contribution >= 0.6 is 0 Å². The van der Waals surface area contributed by atoms with Gasteiger partial charge in [0.1, 0.15) is 0 Å². The van der Waals surface area contributed by atoms with Crippen LogP contribution in [-0.4, -0.2) is 74.1 Å². The number of morpholine rings is 1. The molecule has 0 bridgehead atoms. The van der Waals surface area contributed by atoms with Gasteiger partial charge in [-0.25, -0.2) is 0 Å². The van der Waals surface area contributed by atoms with E-state index >= 15 is 0 Å². The Morgan fingerprint density at radius 3 is 2.32 bits per heavy atom. The molecule has 0 unspecified atom stereocenters. The average molecular weight is 309 g/mol. The monoisotopic (exact) mass is 309 g/mol. The van der Waals surface area contributed by atoms with Gasteiger partial charge in [0, 0.05) is 25.6 Å². The van der Waals surface area contributed by atoms with Crippen molar-refractivity contribution in [3.8, 4) is 0 Å². The van der Waals surface area contributed by atoms with Gasteiger partial charge in [-0.3, -0.25) is 14.5 Å². The van der Waals surface area contributed by atoms with Crippen LogP contribution in [0.5, 0.6) is 0 Å². The number of carbonyl (C=O) groups is 2. The standard InChI is InChI=1S/C16H27N3O3/c20-15(17-11-13-1-2-13)12-18-5-3-14(4-6-18)16(21)19-7-9-22-10-8-19/h13-14H,1-12H2,(H,17,20). The second-order valence-corrected chi connectivity index (χ2v) is 6.74. The van der Waals surface area contributed by atoms with Crippen LogP contribution in [0.2, 0.25) is 0 Å². The van der Waals surface area contributed by atoms with Crippen LogP contribution in [-0.2, 0) is 14.3 Å². The van der Waals surface area contributed by atoms with E-state index < -0.39 is 0 Å². The molecule has 124 valence electrons. The van der Waals surface area contributed by atoms with E-state index in [0.717, 1.165) is 51.5 Å². The molecule has 3 fully saturated rings. The summed E-state index contributed by atoms with van der Waals surface area (Å²) in [6.45, 7) is 5.77. The second kappa shape index (κ2) is 7.42.